The van der Waals surface area contributed by atoms with E-state index in [1.54, 1.807) is 37.3 Å². The van der Waals surface area contributed by atoms with Crippen LogP contribution in [0.1, 0.15) is 23.0 Å². The highest BCUT2D eigenvalue weighted by Gasteiger charge is 2.24. The molecule has 4 rings (SSSR count). The van der Waals surface area contributed by atoms with Crippen molar-refractivity contribution < 1.29 is 22.7 Å². The van der Waals surface area contributed by atoms with E-state index in [2.05, 4.69) is 15.9 Å². The molecular weight excluding hydrogens is 584 g/mol. The van der Waals surface area contributed by atoms with E-state index in [0.29, 0.717) is 31.9 Å². The molecule has 0 spiro atoms. The number of nitrogens with zero attached hydrogens (tertiary/aromatic N) is 1. The van der Waals surface area contributed by atoms with Crippen LogP contribution in [0.2, 0.25) is 0 Å². The number of halogens is 1. The standard InChI is InChI=1S/C29H25BrN2O6S/c1-3-38-29(35)24(31)16-25(33)27-26(19-7-5-4-6-8-19)23-15-20(30)11-14-22(23)28(34)32(27)17-18-9-12-21(13-10-18)39(2,36)37/h4-16H,3,17,31H2,1-2H3. The van der Waals surface area contributed by atoms with E-state index in [4.69, 9.17) is 10.5 Å². The number of ketones is 1. The van der Waals surface area contributed by atoms with Gasteiger partial charge in [-0.1, -0.05) is 58.4 Å². The van der Waals surface area contributed by atoms with Crippen molar-refractivity contribution in [3.63, 3.8) is 0 Å². The van der Waals surface area contributed by atoms with Crippen LogP contribution in [0.15, 0.2) is 98.7 Å². The summed E-state index contributed by atoms with van der Waals surface area (Å²) in [7, 11) is -3.42. The molecule has 1 heterocycles. The molecule has 2 N–H and O–H groups in total. The largest absolute Gasteiger partial charge is 0.461 e. The van der Waals surface area contributed by atoms with E-state index in [1.807, 2.05) is 30.3 Å². The van der Waals surface area contributed by atoms with Gasteiger partial charge < -0.3 is 10.5 Å². The average molecular weight is 609 g/mol. The molecule has 0 unspecified atom stereocenters. The summed E-state index contributed by atoms with van der Waals surface area (Å²) >= 11 is 3.46. The summed E-state index contributed by atoms with van der Waals surface area (Å²) < 4.78 is 30.8. The number of pyridine rings is 1. The summed E-state index contributed by atoms with van der Waals surface area (Å²) in [6.45, 7) is 1.66. The molecule has 0 aliphatic rings. The van der Waals surface area contributed by atoms with Gasteiger partial charge in [0.15, 0.2) is 9.84 Å². The minimum atomic E-state index is -3.42. The van der Waals surface area contributed by atoms with Crippen LogP contribution in [0.5, 0.6) is 0 Å². The molecule has 1 aromatic heterocycles. The number of sulfone groups is 1. The second-order valence-corrected chi connectivity index (χ2v) is 11.7. The number of allylic oxidation sites excluding steroid dienone is 1. The van der Waals surface area contributed by atoms with Crippen molar-refractivity contribution in [2.75, 3.05) is 12.9 Å². The zero-order valence-electron chi connectivity index (χ0n) is 21.2. The van der Waals surface area contributed by atoms with Crippen LogP contribution >= 0.6 is 15.9 Å². The Morgan fingerprint density at radius 1 is 1.00 bits per heavy atom. The number of aromatic nitrogens is 1. The predicted octanol–water partition coefficient (Wildman–Crippen LogP) is 4.47. The molecule has 10 heteroatoms. The summed E-state index contributed by atoms with van der Waals surface area (Å²) in [6, 6.07) is 20.4. The molecule has 0 radical (unpaired) electrons. The van der Waals surface area contributed by atoms with Gasteiger partial charge in [-0.2, -0.15) is 0 Å². The van der Waals surface area contributed by atoms with Crippen molar-refractivity contribution in [1.29, 1.82) is 0 Å². The van der Waals surface area contributed by atoms with Crippen molar-refractivity contribution in [3.05, 3.63) is 111 Å². The highest BCUT2D eigenvalue weighted by molar-refractivity contribution is 9.10. The Morgan fingerprint density at radius 2 is 1.67 bits per heavy atom. The Kier molecular flexibility index (Phi) is 8.17. The number of hydrogen-bond acceptors (Lipinski definition) is 7. The van der Waals surface area contributed by atoms with Gasteiger partial charge in [0.05, 0.1) is 18.0 Å². The average Bonchev–Trinajstić information content (AvgIpc) is 2.90. The second-order valence-electron chi connectivity index (χ2n) is 8.77. The molecule has 0 bridgehead atoms. The summed E-state index contributed by atoms with van der Waals surface area (Å²) in [4.78, 5) is 40.0. The van der Waals surface area contributed by atoms with Gasteiger partial charge in [0.25, 0.3) is 5.56 Å². The fourth-order valence-corrected chi connectivity index (χ4v) is 5.22. The first-order valence-electron chi connectivity index (χ1n) is 11.9. The summed E-state index contributed by atoms with van der Waals surface area (Å²) in [5.41, 5.74) is 6.82. The van der Waals surface area contributed by atoms with Gasteiger partial charge in [-0.3, -0.25) is 14.2 Å². The summed E-state index contributed by atoms with van der Waals surface area (Å²) in [5, 5.41) is 0.916. The maximum absolute atomic E-state index is 13.9. The van der Waals surface area contributed by atoms with Gasteiger partial charge in [0, 0.05) is 27.8 Å². The number of ether oxygens (including phenoxy) is 1. The maximum Gasteiger partial charge on any atom is 0.354 e. The molecule has 0 aliphatic carbocycles. The van der Waals surface area contributed by atoms with Gasteiger partial charge in [-0.05, 0) is 53.8 Å². The molecular formula is C29H25BrN2O6S. The van der Waals surface area contributed by atoms with E-state index < -0.39 is 32.8 Å². The number of fused-ring (bicyclic) bond motifs is 1. The van der Waals surface area contributed by atoms with Gasteiger partial charge in [0.2, 0.25) is 5.78 Å². The molecule has 0 atom stereocenters. The predicted molar refractivity (Wildman–Crippen MR) is 153 cm³/mol. The minimum Gasteiger partial charge on any atom is -0.461 e. The number of esters is 1. The van der Waals surface area contributed by atoms with E-state index in [-0.39, 0.29) is 23.7 Å². The zero-order valence-corrected chi connectivity index (χ0v) is 23.6. The topological polar surface area (TPSA) is 126 Å². The first kappa shape index (κ1) is 28.0. The minimum absolute atomic E-state index is 0.0243. The molecule has 3 aromatic carbocycles. The van der Waals surface area contributed by atoms with E-state index in [9.17, 15) is 22.8 Å². The van der Waals surface area contributed by atoms with Gasteiger partial charge >= 0.3 is 5.97 Å². The van der Waals surface area contributed by atoms with Crippen molar-refractivity contribution in [2.45, 2.75) is 18.4 Å². The van der Waals surface area contributed by atoms with E-state index in [1.165, 1.54) is 16.7 Å². The van der Waals surface area contributed by atoms with Crippen LogP contribution in [-0.4, -0.2) is 37.6 Å². The van der Waals surface area contributed by atoms with Crippen LogP contribution in [0.3, 0.4) is 0 Å². The van der Waals surface area contributed by atoms with Gasteiger partial charge in [-0.25, -0.2) is 13.2 Å². The maximum atomic E-state index is 13.9. The molecule has 4 aromatic rings. The molecule has 0 aliphatic heterocycles. The normalized spacial score (nSPS) is 11.9. The molecule has 0 saturated heterocycles. The Bertz CT molecular complexity index is 1780. The lowest BCUT2D eigenvalue weighted by Crippen LogP contribution is -2.28. The van der Waals surface area contributed by atoms with Crippen LogP contribution in [0, 0.1) is 0 Å². The lowest BCUT2D eigenvalue weighted by molar-refractivity contribution is -0.138. The number of rotatable bonds is 8. The van der Waals surface area contributed by atoms with Crippen LogP contribution in [-0.2, 0) is 25.9 Å². The Balaban J connectivity index is 2.04. The molecule has 8 nitrogen and oxygen atoms in total. The molecule has 0 saturated carbocycles. The highest BCUT2D eigenvalue weighted by atomic mass is 79.9. The van der Waals surface area contributed by atoms with Crippen molar-refractivity contribution in [1.82, 2.24) is 4.57 Å². The third kappa shape index (κ3) is 6.02. The lowest BCUT2D eigenvalue weighted by atomic mass is 9.94. The SMILES string of the molecule is CCOC(=O)C(N)=CC(=O)c1c(-c2ccccc2)c2cc(Br)ccc2c(=O)n1Cc1ccc(S(C)(=O)=O)cc1. The second kappa shape index (κ2) is 11.4. The third-order valence-corrected chi connectivity index (χ3v) is 7.64. The highest BCUT2D eigenvalue weighted by Crippen LogP contribution is 2.33. The van der Waals surface area contributed by atoms with Crippen LogP contribution < -0.4 is 11.3 Å². The molecule has 200 valence electrons. The van der Waals surface area contributed by atoms with Crippen LogP contribution in [0.4, 0.5) is 0 Å². The summed E-state index contributed by atoms with van der Waals surface area (Å²) in [6.07, 6.45) is 2.07. The van der Waals surface area contributed by atoms with Gasteiger partial charge in [0.1, 0.15) is 11.4 Å². The quantitative estimate of drug-likeness (QED) is 0.178. The lowest BCUT2D eigenvalue weighted by Gasteiger charge is -2.19. The summed E-state index contributed by atoms with van der Waals surface area (Å²) in [5.74, 6) is -1.51. The van der Waals surface area contributed by atoms with Crippen molar-refractivity contribution in [2.24, 2.45) is 5.73 Å². The van der Waals surface area contributed by atoms with Crippen LogP contribution in [0.25, 0.3) is 21.9 Å². The number of carbonyl (C=O) groups excluding carboxylic acids is 2. The monoisotopic (exact) mass is 608 g/mol. The number of carbonyl (C=O) groups is 2. The smallest absolute Gasteiger partial charge is 0.354 e. The Morgan fingerprint density at radius 3 is 2.28 bits per heavy atom. The number of nitrogens with two attached hydrogens (primary N) is 1. The molecule has 0 fully saturated rings. The fraction of sp³-hybridized carbons (Fsp3) is 0.138. The first-order valence-corrected chi connectivity index (χ1v) is 14.6. The molecule has 0 amide bonds. The number of hydrogen-bond donors (Lipinski definition) is 1. The van der Waals surface area contributed by atoms with E-state index >= 15 is 0 Å². The first-order chi connectivity index (χ1) is 18.5. The Labute approximate surface area is 233 Å². The zero-order chi connectivity index (χ0) is 28.3. The number of benzene rings is 3. The van der Waals surface area contributed by atoms with Gasteiger partial charge in [-0.15, -0.1) is 0 Å². The third-order valence-electron chi connectivity index (χ3n) is 6.02. The van der Waals surface area contributed by atoms with E-state index in [0.717, 1.165) is 12.3 Å². The Hall–Kier alpha value is -4.02. The molecule has 39 heavy (non-hydrogen) atoms. The fourth-order valence-electron chi connectivity index (χ4n) is 4.23. The van der Waals surface area contributed by atoms with Crippen molar-refractivity contribution >= 4 is 48.3 Å². The van der Waals surface area contributed by atoms with Crippen molar-refractivity contribution in [3.8, 4) is 11.1 Å².